The second-order valence-corrected chi connectivity index (χ2v) is 9.82. The van der Waals surface area contributed by atoms with Gasteiger partial charge in [0, 0.05) is 38.5 Å². The number of imidazole rings is 2. The van der Waals surface area contributed by atoms with E-state index in [1.54, 1.807) is 4.90 Å². The molecule has 1 atom stereocenters. The number of piperidine rings is 1. The number of fused-ring (bicyclic) bond motifs is 2. The molecule has 9 nitrogen and oxygen atoms in total. The number of hydrogen-bond donors (Lipinski definition) is 2. The predicted octanol–water partition coefficient (Wildman–Crippen LogP) is 2.99. The number of amides is 2. The normalized spacial score (nSPS) is 18.9. The number of rotatable bonds is 5. The molecule has 186 valence electrons. The van der Waals surface area contributed by atoms with Crippen LogP contribution in [0.4, 0.5) is 0 Å². The molecule has 2 aromatic carbocycles. The summed E-state index contributed by atoms with van der Waals surface area (Å²) in [5.41, 5.74) is 3.51. The average Bonchev–Trinajstić information content (AvgIpc) is 3.63. The minimum atomic E-state index is -0.388. The zero-order chi connectivity index (χ0) is 24.6. The van der Waals surface area contributed by atoms with Crippen molar-refractivity contribution in [3.8, 4) is 0 Å². The molecule has 9 heteroatoms. The van der Waals surface area contributed by atoms with E-state index in [0.717, 1.165) is 47.2 Å². The number of hydrogen-bond acceptors (Lipinski definition) is 4. The monoisotopic (exact) mass is 486 g/mol. The van der Waals surface area contributed by atoms with Crippen molar-refractivity contribution in [3.63, 3.8) is 0 Å². The smallest absolute Gasteiger partial charge is 0.326 e. The number of benzene rings is 2. The van der Waals surface area contributed by atoms with Crippen molar-refractivity contribution in [2.24, 2.45) is 0 Å². The maximum Gasteiger partial charge on any atom is 0.326 e. The first kappa shape index (κ1) is 22.6. The largest absolute Gasteiger partial charge is 0.342 e. The lowest BCUT2D eigenvalue weighted by molar-refractivity contribution is -0.144. The van der Waals surface area contributed by atoms with Crippen LogP contribution < -0.4 is 5.69 Å². The number of carbonyl (C=O) groups is 2. The maximum atomic E-state index is 13.4. The summed E-state index contributed by atoms with van der Waals surface area (Å²) < 4.78 is 1.83. The lowest BCUT2D eigenvalue weighted by Crippen LogP contribution is -2.50. The van der Waals surface area contributed by atoms with Gasteiger partial charge >= 0.3 is 5.69 Å². The lowest BCUT2D eigenvalue weighted by atomic mass is 10.0. The molecule has 6 rings (SSSR count). The van der Waals surface area contributed by atoms with Gasteiger partial charge in [-0.3, -0.25) is 14.2 Å². The highest BCUT2D eigenvalue weighted by molar-refractivity contribution is 5.88. The highest BCUT2D eigenvalue weighted by Crippen LogP contribution is 2.27. The summed E-state index contributed by atoms with van der Waals surface area (Å²) in [5, 5.41) is 0. The van der Waals surface area contributed by atoms with Crippen molar-refractivity contribution < 1.29 is 9.59 Å². The first-order valence-electron chi connectivity index (χ1n) is 12.8. The fourth-order valence-electron chi connectivity index (χ4n) is 5.81. The van der Waals surface area contributed by atoms with Gasteiger partial charge in [-0.05, 0) is 49.9 Å². The first-order valence-corrected chi connectivity index (χ1v) is 12.8. The predicted molar refractivity (Wildman–Crippen MR) is 137 cm³/mol. The Labute approximate surface area is 208 Å². The number of H-pyrrole nitrogens is 2. The van der Waals surface area contributed by atoms with E-state index in [2.05, 4.69) is 15.0 Å². The third-order valence-corrected chi connectivity index (χ3v) is 7.64. The van der Waals surface area contributed by atoms with Crippen LogP contribution in [0, 0.1) is 0 Å². The molecule has 0 spiro atoms. The Morgan fingerprint density at radius 3 is 2.47 bits per heavy atom. The Bertz CT molecular complexity index is 1440. The van der Waals surface area contributed by atoms with Gasteiger partial charge in [0.05, 0.1) is 22.1 Å². The fourth-order valence-corrected chi connectivity index (χ4v) is 5.81. The summed E-state index contributed by atoms with van der Waals surface area (Å²) in [6.07, 6.45) is 3.84. The van der Waals surface area contributed by atoms with E-state index in [4.69, 9.17) is 0 Å². The maximum absolute atomic E-state index is 13.4. The number of nitrogens with one attached hydrogen (secondary N) is 2. The summed E-state index contributed by atoms with van der Waals surface area (Å²) in [7, 11) is 0. The highest BCUT2D eigenvalue weighted by Gasteiger charge is 2.37. The zero-order valence-electron chi connectivity index (χ0n) is 20.2. The van der Waals surface area contributed by atoms with Gasteiger partial charge in [0.2, 0.25) is 11.8 Å². The average molecular weight is 487 g/mol. The second kappa shape index (κ2) is 9.29. The van der Waals surface area contributed by atoms with Gasteiger partial charge in [-0.25, -0.2) is 9.78 Å². The van der Waals surface area contributed by atoms with Crippen LogP contribution >= 0.6 is 0 Å². The Balaban J connectivity index is 1.08. The van der Waals surface area contributed by atoms with E-state index in [1.165, 1.54) is 0 Å². The van der Waals surface area contributed by atoms with Crippen LogP contribution in [0.25, 0.3) is 22.1 Å². The Hall–Kier alpha value is -3.88. The molecule has 4 aromatic rings. The topological polar surface area (TPSA) is 107 Å². The molecule has 0 aliphatic carbocycles. The van der Waals surface area contributed by atoms with Crippen LogP contribution in [0.15, 0.2) is 53.3 Å². The SMILES string of the molecule is O=C([C@@H]1CCCN1C(=O)CCc1nc2ccccc2[nH]1)N1CCC(n2c(=O)[nH]c3ccccc32)CC1. The van der Waals surface area contributed by atoms with E-state index in [0.29, 0.717) is 38.9 Å². The minimum Gasteiger partial charge on any atom is -0.342 e. The molecule has 0 bridgehead atoms. The van der Waals surface area contributed by atoms with E-state index in [-0.39, 0.29) is 29.6 Å². The van der Waals surface area contributed by atoms with Gasteiger partial charge in [-0.1, -0.05) is 24.3 Å². The zero-order valence-corrected chi connectivity index (χ0v) is 20.2. The third-order valence-electron chi connectivity index (χ3n) is 7.64. The molecule has 0 unspecified atom stereocenters. The minimum absolute atomic E-state index is 0.00605. The molecule has 2 N–H and O–H groups in total. The van der Waals surface area contributed by atoms with Gasteiger partial charge < -0.3 is 19.8 Å². The number of likely N-dealkylation sites (tertiary alicyclic amines) is 2. The number of aryl methyl sites for hydroxylation is 1. The van der Waals surface area contributed by atoms with E-state index < -0.39 is 0 Å². The van der Waals surface area contributed by atoms with Crippen LogP contribution in [-0.2, 0) is 16.0 Å². The summed E-state index contributed by atoms with van der Waals surface area (Å²) in [4.78, 5) is 53.5. The van der Waals surface area contributed by atoms with Crippen molar-refractivity contribution in [2.75, 3.05) is 19.6 Å². The van der Waals surface area contributed by atoms with Crippen molar-refractivity contribution in [2.45, 2.75) is 50.6 Å². The van der Waals surface area contributed by atoms with Crippen molar-refractivity contribution in [3.05, 3.63) is 64.8 Å². The molecule has 2 fully saturated rings. The number of aromatic nitrogens is 4. The van der Waals surface area contributed by atoms with Gasteiger partial charge in [-0.15, -0.1) is 0 Å². The van der Waals surface area contributed by atoms with Crippen molar-refractivity contribution in [1.29, 1.82) is 0 Å². The first-order chi connectivity index (χ1) is 17.6. The molecule has 2 saturated heterocycles. The van der Waals surface area contributed by atoms with E-state index in [1.807, 2.05) is 58.0 Å². The van der Waals surface area contributed by atoms with Gasteiger partial charge in [0.15, 0.2) is 0 Å². The Morgan fingerprint density at radius 1 is 0.917 bits per heavy atom. The Kier molecular flexibility index (Phi) is 5.83. The molecule has 0 radical (unpaired) electrons. The lowest BCUT2D eigenvalue weighted by Gasteiger charge is -2.36. The molecule has 2 aliphatic rings. The summed E-state index contributed by atoms with van der Waals surface area (Å²) in [6.45, 7) is 1.80. The molecule has 4 heterocycles. The van der Waals surface area contributed by atoms with Crippen LogP contribution in [0.2, 0.25) is 0 Å². The Morgan fingerprint density at radius 2 is 1.67 bits per heavy atom. The third kappa shape index (κ3) is 4.08. The standard InChI is InChI=1S/C27H30N6O3/c34-25(12-11-24-28-19-6-1-2-7-20(19)29-24)32-15-5-10-23(32)26(35)31-16-13-18(14-17-31)33-22-9-4-3-8-21(22)30-27(33)36/h1-4,6-9,18,23H,5,10-17H2,(H,28,29)(H,30,36)/t23-/m0/s1. The van der Waals surface area contributed by atoms with Crippen LogP contribution in [0.3, 0.4) is 0 Å². The van der Waals surface area contributed by atoms with Crippen molar-refractivity contribution >= 4 is 33.9 Å². The quantitative estimate of drug-likeness (QED) is 0.452. The summed E-state index contributed by atoms with van der Waals surface area (Å²) in [6, 6.07) is 15.2. The fraction of sp³-hybridized carbons (Fsp3) is 0.407. The number of nitrogens with zero attached hydrogens (tertiary/aromatic N) is 4. The van der Waals surface area contributed by atoms with Crippen LogP contribution in [0.1, 0.15) is 44.0 Å². The van der Waals surface area contributed by atoms with Gasteiger partial charge in [0.25, 0.3) is 0 Å². The van der Waals surface area contributed by atoms with Gasteiger partial charge in [0.1, 0.15) is 11.9 Å². The van der Waals surface area contributed by atoms with Crippen LogP contribution in [-0.4, -0.2) is 66.8 Å². The molecule has 2 amide bonds. The number of para-hydroxylation sites is 4. The molecule has 2 aromatic heterocycles. The molecule has 0 saturated carbocycles. The summed E-state index contributed by atoms with van der Waals surface area (Å²) in [5.74, 6) is 0.835. The molecule has 36 heavy (non-hydrogen) atoms. The number of aromatic amines is 2. The number of carbonyl (C=O) groups excluding carboxylic acids is 2. The van der Waals surface area contributed by atoms with Crippen molar-refractivity contribution in [1.82, 2.24) is 29.3 Å². The molecule has 2 aliphatic heterocycles. The summed E-state index contributed by atoms with van der Waals surface area (Å²) >= 11 is 0. The highest BCUT2D eigenvalue weighted by atomic mass is 16.2. The molecular formula is C27H30N6O3. The molecular weight excluding hydrogens is 456 g/mol. The van der Waals surface area contributed by atoms with Gasteiger partial charge in [-0.2, -0.15) is 0 Å². The second-order valence-electron chi connectivity index (χ2n) is 9.82. The van der Waals surface area contributed by atoms with E-state index >= 15 is 0 Å². The van der Waals surface area contributed by atoms with E-state index in [9.17, 15) is 14.4 Å². The van der Waals surface area contributed by atoms with Crippen LogP contribution in [0.5, 0.6) is 0 Å².